The number of thiazole rings is 1. The first-order valence-corrected chi connectivity index (χ1v) is 8.98. The molecule has 2 bridgehead atoms. The van der Waals surface area contributed by atoms with Crippen LogP contribution in [0.3, 0.4) is 0 Å². The molecular formula is C16H20N4O3S. The maximum absolute atomic E-state index is 12.6. The number of fused-ring (bicyclic) bond motifs is 1. The van der Waals surface area contributed by atoms with Gasteiger partial charge in [-0.05, 0) is 12.8 Å². The second kappa shape index (κ2) is 5.56. The third kappa shape index (κ3) is 2.32. The van der Waals surface area contributed by atoms with E-state index in [9.17, 15) is 9.59 Å². The zero-order valence-corrected chi connectivity index (χ0v) is 14.2. The Morgan fingerprint density at radius 1 is 1.62 bits per heavy atom. The van der Waals surface area contributed by atoms with Crippen LogP contribution >= 0.6 is 11.3 Å². The smallest absolute Gasteiger partial charge is 0.229 e. The predicted molar refractivity (Wildman–Crippen MR) is 89.2 cm³/mol. The summed E-state index contributed by atoms with van der Waals surface area (Å²) in [6.45, 7) is 1.07. The zero-order chi connectivity index (χ0) is 16.9. The molecule has 2 fully saturated rings. The van der Waals surface area contributed by atoms with Gasteiger partial charge in [0.15, 0.2) is 5.13 Å². The predicted octanol–water partition coefficient (Wildman–Crippen LogP) is 0.186. The summed E-state index contributed by atoms with van der Waals surface area (Å²) in [6, 6.07) is 0. The lowest BCUT2D eigenvalue weighted by Gasteiger charge is -2.23. The van der Waals surface area contributed by atoms with Crippen molar-refractivity contribution in [2.24, 2.45) is 11.8 Å². The summed E-state index contributed by atoms with van der Waals surface area (Å²) >= 11 is 1.42. The van der Waals surface area contributed by atoms with Gasteiger partial charge in [-0.2, -0.15) is 0 Å². The van der Waals surface area contributed by atoms with E-state index in [-0.39, 0.29) is 17.9 Å². The maximum atomic E-state index is 12.6. The molecule has 0 unspecified atom stereocenters. The lowest BCUT2D eigenvalue weighted by Crippen LogP contribution is -2.44. The lowest BCUT2D eigenvalue weighted by atomic mass is 9.77. The molecule has 4 rings (SSSR count). The summed E-state index contributed by atoms with van der Waals surface area (Å²) in [6.07, 6.45) is 5.15. The second-order valence-electron chi connectivity index (χ2n) is 6.67. The van der Waals surface area contributed by atoms with Gasteiger partial charge in [-0.3, -0.25) is 9.59 Å². The largest absolute Gasteiger partial charge is 0.375 e. The molecule has 3 aliphatic heterocycles. The number of aromatic nitrogens is 1. The van der Waals surface area contributed by atoms with Gasteiger partial charge in [-0.25, -0.2) is 4.98 Å². The van der Waals surface area contributed by atoms with Crippen LogP contribution in [0.5, 0.6) is 0 Å². The van der Waals surface area contributed by atoms with Crippen LogP contribution in [0.2, 0.25) is 0 Å². The summed E-state index contributed by atoms with van der Waals surface area (Å²) in [7, 11) is 1.76. The number of ether oxygens (including phenoxy) is 1. The third-order valence-electron chi connectivity index (χ3n) is 5.07. The molecule has 0 saturated carbocycles. The Morgan fingerprint density at radius 2 is 2.46 bits per heavy atom. The molecule has 0 aliphatic carbocycles. The van der Waals surface area contributed by atoms with Crippen LogP contribution in [0.1, 0.15) is 12.1 Å². The number of nitrogens with two attached hydrogens (primary N) is 1. The van der Waals surface area contributed by atoms with E-state index in [4.69, 9.17) is 10.5 Å². The summed E-state index contributed by atoms with van der Waals surface area (Å²) in [5.41, 5.74) is 5.95. The number of amides is 2. The normalized spacial score (nSPS) is 33.3. The topological polar surface area (TPSA) is 97.6 Å². The second-order valence-corrected chi connectivity index (χ2v) is 7.56. The van der Waals surface area contributed by atoms with Crippen molar-refractivity contribution in [2.75, 3.05) is 25.9 Å². The number of anilines is 1. The van der Waals surface area contributed by atoms with Crippen LogP contribution in [0, 0.1) is 11.8 Å². The van der Waals surface area contributed by atoms with Gasteiger partial charge < -0.3 is 20.7 Å². The van der Waals surface area contributed by atoms with Crippen molar-refractivity contribution in [2.45, 2.75) is 24.5 Å². The standard InChI is InChI=1S/C16H20N4O3S/c1-20-8-16-5-4-10(23-16)11(12(16)14(20)22)13(21)18-6-2-3-9-7-24-15(17)19-9/h4-5,7,10-12H,2-3,6,8H2,1H3,(H2,17,19)(H,18,21)/t10-,11-,12+,16-/m0/s1. The van der Waals surface area contributed by atoms with Crippen LogP contribution in [-0.2, 0) is 20.7 Å². The summed E-state index contributed by atoms with van der Waals surface area (Å²) in [5.74, 6) is -0.921. The number of carbonyl (C=O) groups excluding carboxylic acids is 2. The quantitative estimate of drug-likeness (QED) is 0.585. The van der Waals surface area contributed by atoms with Crippen molar-refractivity contribution in [3.63, 3.8) is 0 Å². The van der Waals surface area contributed by atoms with E-state index >= 15 is 0 Å². The molecule has 4 atom stereocenters. The van der Waals surface area contributed by atoms with E-state index in [0.717, 1.165) is 18.5 Å². The van der Waals surface area contributed by atoms with Crippen molar-refractivity contribution in [3.05, 3.63) is 23.2 Å². The number of rotatable bonds is 5. The minimum absolute atomic E-state index is 0.0000478. The number of nitrogens with one attached hydrogen (secondary N) is 1. The molecule has 1 aromatic heterocycles. The summed E-state index contributed by atoms with van der Waals surface area (Å²) < 4.78 is 5.98. The van der Waals surface area contributed by atoms with Crippen molar-refractivity contribution in [1.29, 1.82) is 0 Å². The molecule has 7 nitrogen and oxygen atoms in total. The number of nitrogen functional groups attached to an aromatic ring is 1. The average Bonchev–Trinajstić information content (AvgIpc) is 3.26. The first-order valence-electron chi connectivity index (χ1n) is 8.10. The fourth-order valence-electron chi connectivity index (χ4n) is 4.03. The van der Waals surface area contributed by atoms with E-state index in [1.807, 2.05) is 17.5 Å². The molecule has 1 spiro atoms. The van der Waals surface area contributed by atoms with Crippen molar-refractivity contribution >= 4 is 28.3 Å². The monoisotopic (exact) mass is 348 g/mol. The van der Waals surface area contributed by atoms with E-state index < -0.39 is 17.4 Å². The molecule has 2 amide bonds. The number of aryl methyl sites for hydroxylation is 1. The fraction of sp³-hybridized carbons (Fsp3) is 0.562. The first-order chi connectivity index (χ1) is 11.5. The van der Waals surface area contributed by atoms with Crippen LogP contribution in [0.4, 0.5) is 5.13 Å². The van der Waals surface area contributed by atoms with Crippen molar-refractivity contribution in [3.8, 4) is 0 Å². The van der Waals surface area contributed by atoms with E-state index in [1.54, 1.807) is 11.9 Å². The molecule has 0 radical (unpaired) electrons. The lowest BCUT2D eigenvalue weighted by molar-refractivity contribution is -0.136. The van der Waals surface area contributed by atoms with Gasteiger partial charge in [-0.1, -0.05) is 12.2 Å². The molecule has 8 heteroatoms. The molecular weight excluding hydrogens is 328 g/mol. The average molecular weight is 348 g/mol. The van der Waals surface area contributed by atoms with Crippen molar-refractivity contribution in [1.82, 2.24) is 15.2 Å². The molecule has 3 N–H and O–H groups in total. The van der Waals surface area contributed by atoms with Crippen LogP contribution in [0.15, 0.2) is 17.5 Å². The Kier molecular flexibility index (Phi) is 3.61. The summed E-state index contributed by atoms with van der Waals surface area (Å²) in [4.78, 5) is 30.9. The SMILES string of the molecule is CN1C[C@]23C=C[C@H](O2)[C@H](C(=O)NCCCc2csc(N)n2)[C@@H]3C1=O. The van der Waals surface area contributed by atoms with E-state index in [2.05, 4.69) is 10.3 Å². The first kappa shape index (κ1) is 15.6. The van der Waals surface area contributed by atoms with Gasteiger partial charge in [0.05, 0.1) is 30.2 Å². The third-order valence-corrected chi connectivity index (χ3v) is 5.79. The van der Waals surface area contributed by atoms with Gasteiger partial charge in [0.1, 0.15) is 5.60 Å². The molecule has 4 heterocycles. The van der Waals surface area contributed by atoms with Gasteiger partial charge in [0.25, 0.3) is 0 Å². The zero-order valence-electron chi connectivity index (χ0n) is 13.4. The van der Waals surface area contributed by atoms with Gasteiger partial charge in [-0.15, -0.1) is 11.3 Å². The van der Waals surface area contributed by atoms with E-state index in [0.29, 0.717) is 18.2 Å². The Bertz CT molecular complexity index is 718. The highest BCUT2D eigenvalue weighted by atomic mass is 32.1. The number of nitrogens with zero attached hydrogens (tertiary/aromatic N) is 2. The number of likely N-dealkylation sites (N-methyl/N-ethyl adjacent to an activating group) is 1. The molecule has 2 saturated heterocycles. The molecule has 3 aliphatic rings. The molecule has 0 aromatic carbocycles. The Balaban J connectivity index is 1.35. The molecule has 24 heavy (non-hydrogen) atoms. The molecule has 1 aromatic rings. The van der Waals surface area contributed by atoms with Gasteiger partial charge >= 0.3 is 0 Å². The van der Waals surface area contributed by atoms with Crippen molar-refractivity contribution < 1.29 is 14.3 Å². The van der Waals surface area contributed by atoms with Gasteiger partial charge in [0.2, 0.25) is 11.8 Å². The summed E-state index contributed by atoms with van der Waals surface area (Å²) in [5, 5.41) is 5.45. The van der Waals surface area contributed by atoms with E-state index in [1.165, 1.54) is 11.3 Å². The Morgan fingerprint density at radius 3 is 3.21 bits per heavy atom. The highest BCUT2D eigenvalue weighted by Crippen LogP contribution is 2.51. The fourth-order valence-corrected chi connectivity index (χ4v) is 4.62. The maximum Gasteiger partial charge on any atom is 0.229 e. The minimum Gasteiger partial charge on any atom is -0.375 e. The van der Waals surface area contributed by atoms with Gasteiger partial charge in [0, 0.05) is 19.0 Å². The number of hydrogen-bond acceptors (Lipinski definition) is 6. The Hall–Kier alpha value is -1.93. The number of likely N-dealkylation sites (tertiary alicyclic amines) is 1. The highest BCUT2D eigenvalue weighted by molar-refractivity contribution is 7.13. The molecule has 128 valence electrons. The number of carbonyl (C=O) groups is 2. The Labute approximate surface area is 143 Å². The van der Waals surface area contributed by atoms with Crippen LogP contribution in [0.25, 0.3) is 0 Å². The van der Waals surface area contributed by atoms with Crippen LogP contribution < -0.4 is 11.1 Å². The minimum atomic E-state index is -0.601. The highest BCUT2D eigenvalue weighted by Gasteiger charge is 2.66. The number of hydrogen-bond donors (Lipinski definition) is 2. The van der Waals surface area contributed by atoms with Crippen LogP contribution in [-0.4, -0.2) is 53.5 Å².